The predicted molar refractivity (Wildman–Crippen MR) is 109 cm³/mol. The number of rotatable bonds is 6. The highest BCUT2D eigenvalue weighted by molar-refractivity contribution is 7.22. The minimum Gasteiger partial charge on any atom is -0.350 e. The van der Waals surface area contributed by atoms with Crippen molar-refractivity contribution in [2.75, 3.05) is 16.0 Å². The molecule has 1 aliphatic carbocycles. The molecule has 0 aliphatic heterocycles. The molecule has 6 nitrogen and oxygen atoms in total. The maximum absolute atomic E-state index is 12.4. The number of aromatic nitrogens is 1. The second-order valence-corrected chi connectivity index (χ2v) is 7.71. The van der Waals surface area contributed by atoms with Gasteiger partial charge in [-0.1, -0.05) is 23.5 Å². The van der Waals surface area contributed by atoms with E-state index in [1.807, 2.05) is 24.3 Å². The zero-order valence-corrected chi connectivity index (χ0v) is 15.7. The Morgan fingerprint density at radius 2 is 1.70 bits per heavy atom. The molecule has 3 aromatic rings. The third-order valence-electron chi connectivity index (χ3n) is 4.40. The molecule has 1 fully saturated rings. The predicted octanol–water partition coefficient (Wildman–Crippen LogP) is 4.08. The number of nitrogens with zero attached hydrogens (tertiary/aromatic N) is 1. The Morgan fingerprint density at radius 3 is 2.37 bits per heavy atom. The van der Waals surface area contributed by atoms with Gasteiger partial charge in [-0.3, -0.25) is 9.59 Å². The van der Waals surface area contributed by atoms with Gasteiger partial charge in [-0.05, 0) is 56.2 Å². The van der Waals surface area contributed by atoms with Crippen LogP contribution in [0.1, 0.15) is 19.8 Å². The van der Waals surface area contributed by atoms with Crippen LogP contribution in [0.4, 0.5) is 16.5 Å². The smallest absolute Gasteiger partial charge is 0.246 e. The molecule has 0 saturated heterocycles. The van der Waals surface area contributed by atoms with Crippen LogP contribution in [0.15, 0.2) is 48.5 Å². The molecule has 27 heavy (non-hydrogen) atoms. The molecule has 4 rings (SSSR count). The highest BCUT2D eigenvalue weighted by Crippen LogP contribution is 2.30. The van der Waals surface area contributed by atoms with E-state index < -0.39 is 6.04 Å². The van der Waals surface area contributed by atoms with Gasteiger partial charge < -0.3 is 16.0 Å². The van der Waals surface area contributed by atoms with Gasteiger partial charge in [-0.25, -0.2) is 4.98 Å². The number of thiazole rings is 1. The largest absolute Gasteiger partial charge is 0.350 e. The van der Waals surface area contributed by atoms with Gasteiger partial charge in [0.1, 0.15) is 6.04 Å². The highest BCUT2D eigenvalue weighted by Gasteiger charge is 2.29. The summed E-state index contributed by atoms with van der Waals surface area (Å²) in [6, 6.07) is 14.6. The number of hydrogen-bond acceptors (Lipinski definition) is 5. The first-order valence-electron chi connectivity index (χ1n) is 8.92. The second-order valence-electron chi connectivity index (χ2n) is 6.68. The third kappa shape index (κ3) is 4.25. The van der Waals surface area contributed by atoms with Crippen LogP contribution >= 0.6 is 11.3 Å². The Labute approximate surface area is 161 Å². The van der Waals surface area contributed by atoms with E-state index in [0.717, 1.165) is 33.9 Å². The van der Waals surface area contributed by atoms with Gasteiger partial charge in [0.2, 0.25) is 11.8 Å². The van der Waals surface area contributed by atoms with E-state index in [2.05, 4.69) is 20.9 Å². The fourth-order valence-electron chi connectivity index (χ4n) is 2.66. The molecule has 1 heterocycles. The molecule has 2 aromatic carbocycles. The molecule has 0 spiro atoms. The first-order valence-corrected chi connectivity index (χ1v) is 9.74. The van der Waals surface area contributed by atoms with Crippen LogP contribution < -0.4 is 16.0 Å². The number of nitrogens with one attached hydrogen (secondary N) is 3. The Hall–Kier alpha value is -2.93. The molecule has 1 aromatic heterocycles. The van der Waals surface area contributed by atoms with E-state index in [-0.39, 0.29) is 17.7 Å². The van der Waals surface area contributed by atoms with E-state index in [0.29, 0.717) is 5.69 Å². The lowest BCUT2D eigenvalue weighted by molar-refractivity contribution is -0.117. The molecule has 0 radical (unpaired) electrons. The number of anilines is 3. The lowest BCUT2D eigenvalue weighted by Crippen LogP contribution is -2.31. The van der Waals surface area contributed by atoms with Crippen molar-refractivity contribution in [1.29, 1.82) is 0 Å². The lowest BCUT2D eigenvalue weighted by Gasteiger charge is -2.13. The van der Waals surface area contributed by atoms with Crippen LogP contribution in [0.25, 0.3) is 10.2 Å². The zero-order chi connectivity index (χ0) is 18.8. The quantitative estimate of drug-likeness (QED) is 0.602. The summed E-state index contributed by atoms with van der Waals surface area (Å²) < 4.78 is 1.08. The summed E-state index contributed by atoms with van der Waals surface area (Å²) in [7, 11) is 0. The average Bonchev–Trinajstić information content (AvgIpc) is 3.43. The molecule has 3 N–H and O–H groups in total. The molecule has 1 saturated carbocycles. The molecule has 7 heteroatoms. The number of benzene rings is 2. The summed E-state index contributed by atoms with van der Waals surface area (Å²) in [5.74, 6) is 0.0864. The minimum absolute atomic E-state index is 0.0699. The second kappa shape index (κ2) is 7.36. The molecule has 0 bridgehead atoms. The van der Waals surface area contributed by atoms with Crippen LogP contribution in [-0.4, -0.2) is 22.8 Å². The van der Waals surface area contributed by atoms with Crippen LogP contribution in [0.2, 0.25) is 0 Å². The lowest BCUT2D eigenvalue weighted by atomic mass is 10.2. The monoisotopic (exact) mass is 380 g/mol. The normalized spacial score (nSPS) is 14.6. The van der Waals surface area contributed by atoms with Gasteiger partial charge in [0.25, 0.3) is 0 Å². The van der Waals surface area contributed by atoms with Gasteiger partial charge in [-0.2, -0.15) is 0 Å². The summed E-state index contributed by atoms with van der Waals surface area (Å²) in [5.41, 5.74) is 2.34. The van der Waals surface area contributed by atoms with Crippen LogP contribution in [0.5, 0.6) is 0 Å². The third-order valence-corrected chi connectivity index (χ3v) is 5.36. The summed E-state index contributed by atoms with van der Waals surface area (Å²) in [4.78, 5) is 28.7. The van der Waals surface area contributed by atoms with Crippen molar-refractivity contribution in [3.05, 3.63) is 48.5 Å². The first-order chi connectivity index (χ1) is 13.1. The molecule has 1 atom stereocenters. The standard InChI is InChI=1S/C20H20N4O2S/c1-12(21-20-24-16-4-2-3-5-17(16)27-20)18(25)22-14-8-10-15(11-9-14)23-19(26)13-6-7-13/h2-5,8-13H,6-7H2,1H3,(H,21,24)(H,22,25)(H,23,26). The maximum Gasteiger partial charge on any atom is 0.246 e. The molecule has 2 amide bonds. The fourth-order valence-corrected chi connectivity index (χ4v) is 3.61. The van der Waals surface area contributed by atoms with Crippen molar-refractivity contribution in [2.24, 2.45) is 5.92 Å². The van der Waals surface area contributed by atoms with Crippen LogP contribution in [0.3, 0.4) is 0 Å². The van der Waals surface area contributed by atoms with Crippen molar-refractivity contribution < 1.29 is 9.59 Å². The van der Waals surface area contributed by atoms with Gasteiger partial charge in [0.15, 0.2) is 5.13 Å². The van der Waals surface area contributed by atoms with Crippen molar-refractivity contribution in [3.8, 4) is 0 Å². The first kappa shape index (κ1) is 17.5. The molecule has 138 valence electrons. The van der Waals surface area contributed by atoms with Crippen molar-refractivity contribution in [1.82, 2.24) is 4.98 Å². The van der Waals surface area contributed by atoms with Gasteiger partial charge >= 0.3 is 0 Å². The number of hydrogen-bond donors (Lipinski definition) is 3. The van der Waals surface area contributed by atoms with Crippen LogP contribution in [0, 0.1) is 5.92 Å². The summed E-state index contributed by atoms with van der Waals surface area (Å²) in [5, 5.41) is 9.62. The van der Waals surface area contributed by atoms with Crippen LogP contribution in [-0.2, 0) is 9.59 Å². The number of carbonyl (C=O) groups is 2. The Bertz CT molecular complexity index is 946. The number of para-hydroxylation sites is 1. The van der Waals surface area contributed by atoms with E-state index in [1.54, 1.807) is 31.2 Å². The fraction of sp³-hybridized carbons (Fsp3) is 0.250. The Balaban J connectivity index is 1.34. The van der Waals surface area contributed by atoms with Gasteiger partial charge in [0.05, 0.1) is 10.2 Å². The number of fused-ring (bicyclic) bond motifs is 1. The highest BCUT2D eigenvalue weighted by atomic mass is 32.1. The van der Waals surface area contributed by atoms with E-state index in [1.165, 1.54) is 11.3 Å². The average molecular weight is 380 g/mol. The molecular weight excluding hydrogens is 360 g/mol. The van der Waals surface area contributed by atoms with E-state index in [9.17, 15) is 9.59 Å². The van der Waals surface area contributed by atoms with Crippen molar-refractivity contribution in [3.63, 3.8) is 0 Å². The van der Waals surface area contributed by atoms with Gasteiger partial charge in [-0.15, -0.1) is 0 Å². The summed E-state index contributed by atoms with van der Waals surface area (Å²) >= 11 is 1.52. The van der Waals surface area contributed by atoms with Crippen molar-refractivity contribution >= 4 is 49.9 Å². The molecular formula is C20H20N4O2S. The molecule has 1 unspecified atom stereocenters. The van der Waals surface area contributed by atoms with Crippen molar-refractivity contribution in [2.45, 2.75) is 25.8 Å². The summed E-state index contributed by atoms with van der Waals surface area (Å²) in [6.07, 6.45) is 1.94. The minimum atomic E-state index is -0.431. The molecule has 1 aliphatic rings. The number of carbonyl (C=O) groups excluding carboxylic acids is 2. The van der Waals surface area contributed by atoms with Gasteiger partial charge in [0, 0.05) is 17.3 Å². The maximum atomic E-state index is 12.4. The number of amides is 2. The van der Waals surface area contributed by atoms with E-state index >= 15 is 0 Å². The zero-order valence-electron chi connectivity index (χ0n) is 14.9. The Kier molecular flexibility index (Phi) is 4.77. The summed E-state index contributed by atoms with van der Waals surface area (Å²) in [6.45, 7) is 1.80. The van der Waals surface area contributed by atoms with E-state index in [4.69, 9.17) is 0 Å². The SMILES string of the molecule is CC(Nc1nc2ccccc2s1)C(=O)Nc1ccc(NC(=O)C2CC2)cc1. The Morgan fingerprint density at radius 1 is 1.04 bits per heavy atom. The topological polar surface area (TPSA) is 83.1 Å².